The second-order valence-electron chi connectivity index (χ2n) is 13.1. The van der Waals surface area contributed by atoms with E-state index in [4.69, 9.17) is 27.9 Å². The monoisotopic (exact) mass is 562 g/mol. The molecule has 0 spiro atoms. The summed E-state index contributed by atoms with van der Waals surface area (Å²) in [6.45, 7) is 8.70. The van der Waals surface area contributed by atoms with E-state index in [-0.39, 0.29) is 34.3 Å². The van der Waals surface area contributed by atoms with Gasteiger partial charge in [0.15, 0.2) is 0 Å². The van der Waals surface area contributed by atoms with Gasteiger partial charge in [0, 0.05) is 42.5 Å². The number of carbonyl (C=O) groups is 2. The number of piperidine rings is 1. The third-order valence-corrected chi connectivity index (χ3v) is 11.6. The summed E-state index contributed by atoms with van der Waals surface area (Å²) < 4.78 is 6.14. The lowest BCUT2D eigenvalue weighted by molar-refractivity contribution is -0.171. The van der Waals surface area contributed by atoms with E-state index in [1.165, 1.54) is 19.3 Å². The Morgan fingerprint density at radius 1 is 0.974 bits per heavy atom. The van der Waals surface area contributed by atoms with Crippen molar-refractivity contribution in [2.24, 2.45) is 28.6 Å². The van der Waals surface area contributed by atoms with Crippen LogP contribution in [0.4, 0.5) is 5.69 Å². The highest BCUT2D eigenvalue weighted by molar-refractivity contribution is 6.18. The lowest BCUT2D eigenvalue weighted by atomic mass is 9.40. The molecule has 1 amide bonds. The van der Waals surface area contributed by atoms with Crippen molar-refractivity contribution in [3.63, 3.8) is 0 Å². The van der Waals surface area contributed by atoms with E-state index in [0.29, 0.717) is 54.6 Å². The molecule has 3 saturated carbocycles. The van der Waals surface area contributed by atoms with Crippen LogP contribution in [0.2, 0.25) is 0 Å². The van der Waals surface area contributed by atoms with Crippen LogP contribution in [0.5, 0.6) is 0 Å². The maximum absolute atomic E-state index is 13.1. The number of amides is 1. The highest BCUT2D eigenvalue weighted by Crippen LogP contribution is 2.67. The highest BCUT2D eigenvalue weighted by Gasteiger charge is 2.62. The van der Waals surface area contributed by atoms with E-state index < -0.39 is 0 Å². The first kappa shape index (κ1) is 28.1. The van der Waals surface area contributed by atoms with Crippen molar-refractivity contribution in [3.8, 4) is 0 Å². The lowest BCUT2D eigenvalue weighted by Crippen LogP contribution is -2.65. The van der Waals surface area contributed by atoms with Gasteiger partial charge in [0.25, 0.3) is 0 Å². The van der Waals surface area contributed by atoms with Gasteiger partial charge < -0.3 is 15.0 Å². The standard InChI is InChI=1S/C31H44Cl2N2O3/c1-29-13-11-24-25(12-15-31(3)26(24)8-9-27(36)34-31)30(29,2)14-10-23(20-29)38-28(37)21-4-6-22(7-5-21)35(18-16-32)19-17-33/h4-7,23-26H,8-20H2,1-3H3,(H,34,36)/t23-,24+,25-,26-,29-,30+,31-/m0/s1. The maximum Gasteiger partial charge on any atom is 0.338 e. The molecular weight excluding hydrogens is 519 g/mol. The molecule has 4 fully saturated rings. The summed E-state index contributed by atoms with van der Waals surface area (Å²) in [6, 6.07) is 7.63. The molecule has 0 bridgehead atoms. The van der Waals surface area contributed by atoms with Crippen molar-refractivity contribution in [2.75, 3.05) is 29.7 Å². The average Bonchev–Trinajstić information content (AvgIpc) is 2.88. The summed E-state index contributed by atoms with van der Waals surface area (Å²) in [5.41, 5.74) is 1.99. The third-order valence-electron chi connectivity index (χ3n) is 11.3. The number of alkyl halides is 2. The number of benzene rings is 1. The van der Waals surface area contributed by atoms with Gasteiger partial charge in [-0.25, -0.2) is 4.79 Å². The Bertz CT molecular complexity index is 1030. The van der Waals surface area contributed by atoms with Crippen LogP contribution >= 0.6 is 23.2 Å². The predicted octanol–water partition coefficient (Wildman–Crippen LogP) is 6.80. The number of hydrogen-bond donors (Lipinski definition) is 1. The zero-order chi connectivity index (χ0) is 27.1. The molecule has 7 heteroatoms. The summed E-state index contributed by atoms with van der Waals surface area (Å²) in [4.78, 5) is 27.4. The van der Waals surface area contributed by atoms with E-state index in [1.54, 1.807) is 0 Å². The van der Waals surface area contributed by atoms with Gasteiger partial charge in [-0.2, -0.15) is 0 Å². The predicted molar refractivity (Wildman–Crippen MR) is 154 cm³/mol. The van der Waals surface area contributed by atoms with E-state index in [2.05, 4.69) is 31.0 Å². The molecule has 38 heavy (non-hydrogen) atoms. The lowest BCUT2D eigenvalue weighted by Gasteiger charge is -2.66. The summed E-state index contributed by atoms with van der Waals surface area (Å²) in [7, 11) is 0. The Balaban J connectivity index is 1.24. The Labute approximate surface area is 238 Å². The number of esters is 1. The Morgan fingerprint density at radius 2 is 1.68 bits per heavy atom. The molecule has 5 rings (SSSR count). The van der Waals surface area contributed by atoms with Crippen LogP contribution in [-0.2, 0) is 9.53 Å². The first-order chi connectivity index (χ1) is 18.1. The van der Waals surface area contributed by atoms with Crippen LogP contribution in [0.1, 0.15) is 88.9 Å². The fourth-order valence-corrected chi connectivity index (χ4v) is 9.37. The van der Waals surface area contributed by atoms with Gasteiger partial charge in [-0.3, -0.25) is 4.79 Å². The van der Waals surface area contributed by atoms with Crippen LogP contribution in [0.15, 0.2) is 24.3 Å². The van der Waals surface area contributed by atoms with Gasteiger partial charge in [-0.05, 0) is 111 Å². The molecule has 0 unspecified atom stereocenters. The Morgan fingerprint density at radius 3 is 2.37 bits per heavy atom. The van der Waals surface area contributed by atoms with Crippen molar-refractivity contribution in [2.45, 2.75) is 90.2 Å². The molecule has 3 aliphatic carbocycles. The van der Waals surface area contributed by atoms with Crippen LogP contribution in [0.25, 0.3) is 0 Å². The smallest absolute Gasteiger partial charge is 0.338 e. The average molecular weight is 564 g/mol. The van der Waals surface area contributed by atoms with E-state index in [9.17, 15) is 9.59 Å². The molecular formula is C31H44Cl2N2O3. The third kappa shape index (κ3) is 4.96. The Kier molecular flexibility index (Phi) is 8.01. The van der Waals surface area contributed by atoms with Crippen LogP contribution in [-0.4, -0.2) is 48.4 Å². The van der Waals surface area contributed by atoms with Crippen molar-refractivity contribution in [3.05, 3.63) is 29.8 Å². The summed E-state index contributed by atoms with van der Waals surface area (Å²) in [5.74, 6) is 3.01. The minimum absolute atomic E-state index is 0.0339. The minimum atomic E-state index is -0.227. The molecule has 1 heterocycles. The number of anilines is 1. The number of nitrogens with zero attached hydrogens (tertiary/aromatic N) is 1. The van der Waals surface area contributed by atoms with Gasteiger partial charge >= 0.3 is 5.97 Å². The van der Waals surface area contributed by atoms with Crippen molar-refractivity contribution in [1.82, 2.24) is 5.32 Å². The van der Waals surface area contributed by atoms with E-state index in [1.807, 2.05) is 24.3 Å². The van der Waals surface area contributed by atoms with Gasteiger partial charge in [0.1, 0.15) is 6.10 Å². The van der Waals surface area contributed by atoms with Gasteiger partial charge in [0.05, 0.1) is 5.56 Å². The molecule has 1 aromatic rings. The number of fused-ring (bicyclic) bond motifs is 5. The summed E-state index contributed by atoms with van der Waals surface area (Å²) in [5, 5.41) is 3.38. The van der Waals surface area contributed by atoms with Gasteiger partial charge in [-0.15, -0.1) is 23.2 Å². The second kappa shape index (κ2) is 10.8. The number of rotatable bonds is 7. The largest absolute Gasteiger partial charge is 0.459 e. The number of ether oxygens (including phenoxy) is 1. The van der Waals surface area contributed by atoms with Gasteiger partial charge in [0.2, 0.25) is 5.91 Å². The molecule has 1 aromatic carbocycles. The summed E-state index contributed by atoms with van der Waals surface area (Å²) in [6.07, 6.45) is 9.29. The fourth-order valence-electron chi connectivity index (χ4n) is 8.97. The first-order valence-corrected chi connectivity index (χ1v) is 15.7. The topological polar surface area (TPSA) is 58.6 Å². The molecule has 4 aliphatic rings. The number of nitrogens with one attached hydrogen (secondary N) is 1. The maximum atomic E-state index is 13.1. The number of hydrogen-bond acceptors (Lipinski definition) is 4. The normalized spacial score (nSPS) is 38.3. The zero-order valence-electron chi connectivity index (χ0n) is 23.2. The van der Waals surface area contributed by atoms with Crippen LogP contribution in [0, 0.1) is 28.6 Å². The number of carbonyl (C=O) groups excluding carboxylic acids is 2. The van der Waals surface area contributed by atoms with Crippen LogP contribution < -0.4 is 10.2 Å². The zero-order valence-corrected chi connectivity index (χ0v) is 24.8. The van der Waals surface area contributed by atoms with E-state index in [0.717, 1.165) is 37.8 Å². The highest BCUT2D eigenvalue weighted by atomic mass is 35.5. The van der Waals surface area contributed by atoms with Crippen molar-refractivity contribution < 1.29 is 14.3 Å². The summed E-state index contributed by atoms with van der Waals surface area (Å²) >= 11 is 11.9. The fraction of sp³-hybridized carbons (Fsp3) is 0.742. The molecule has 1 N–H and O–H groups in total. The molecule has 7 atom stereocenters. The quantitative estimate of drug-likeness (QED) is 0.293. The van der Waals surface area contributed by atoms with Gasteiger partial charge in [-0.1, -0.05) is 13.8 Å². The minimum Gasteiger partial charge on any atom is -0.459 e. The molecule has 1 saturated heterocycles. The SMILES string of the molecule is C[C@@]12CC[C@H]3[C@@H]4CCC(=O)N[C@@]4(C)CC[C@@H]3[C@@]1(C)CC[C@H](OC(=O)c1ccc(N(CCCl)CCCl)cc1)C2. The van der Waals surface area contributed by atoms with E-state index >= 15 is 0 Å². The Hall–Kier alpha value is -1.46. The second-order valence-corrected chi connectivity index (χ2v) is 13.9. The molecule has 0 radical (unpaired) electrons. The van der Waals surface area contributed by atoms with Crippen molar-refractivity contribution in [1.29, 1.82) is 0 Å². The van der Waals surface area contributed by atoms with Crippen LogP contribution in [0.3, 0.4) is 0 Å². The number of halogens is 2. The van der Waals surface area contributed by atoms with Crippen molar-refractivity contribution >= 4 is 40.8 Å². The molecule has 1 aliphatic heterocycles. The molecule has 5 nitrogen and oxygen atoms in total. The molecule has 0 aromatic heterocycles. The molecule has 210 valence electrons. The first-order valence-electron chi connectivity index (χ1n) is 14.6.